The summed E-state index contributed by atoms with van der Waals surface area (Å²) in [5, 5.41) is 7.03. The van der Waals surface area contributed by atoms with Crippen LogP contribution in [0.25, 0.3) is 0 Å². The highest BCUT2D eigenvalue weighted by atomic mass is 79.9. The summed E-state index contributed by atoms with van der Waals surface area (Å²) in [4.78, 5) is 12.7. The van der Waals surface area contributed by atoms with E-state index >= 15 is 0 Å². The fourth-order valence-electron chi connectivity index (χ4n) is 3.46. The number of carbonyl (C=O) groups is 1. The maximum atomic E-state index is 14.1. The summed E-state index contributed by atoms with van der Waals surface area (Å²) in [5.41, 5.74) is -0.407. The summed E-state index contributed by atoms with van der Waals surface area (Å²) in [7, 11) is 0. The number of nitrogens with one attached hydrogen (secondary N) is 1. The Kier molecular flexibility index (Phi) is 7.60. The van der Waals surface area contributed by atoms with Crippen LogP contribution < -0.4 is 10.1 Å². The number of ether oxygens (including phenoxy) is 1. The van der Waals surface area contributed by atoms with Gasteiger partial charge in [0.15, 0.2) is 29.0 Å². The number of anilines is 1. The van der Waals surface area contributed by atoms with Gasteiger partial charge in [-0.15, -0.1) is 0 Å². The highest BCUT2D eigenvalue weighted by Gasteiger charge is 2.27. The molecule has 2 heterocycles. The molecule has 2 aromatic carbocycles. The first-order chi connectivity index (χ1) is 17.5. The van der Waals surface area contributed by atoms with Gasteiger partial charge in [0.2, 0.25) is 5.82 Å². The quantitative estimate of drug-likeness (QED) is 0.139. The minimum absolute atomic E-state index is 0.00740. The van der Waals surface area contributed by atoms with Gasteiger partial charge in [0.25, 0.3) is 5.91 Å². The summed E-state index contributed by atoms with van der Waals surface area (Å²) >= 11 is 9.41. The normalized spacial score (nSPS) is 11.2. The van der Waals surface area contributed by atoms with Crippen molar-refractivity contribution in [3.05, 3.63) is 97.4 Å². The highest BCUT2D eigenvalue weighted by Crippen LogP contribution is 2.29. The summed E-state index contributed by atoms with van der Waals surface area (Å²) < 4.78 is 81.6. The minimum Gasteiger partial charge on any atom is -0.484 e. The van der Waals surface area contributed by atoms with E-state index in [1.807, 2.05) is 0 Å². The lowest BCUT2D eigenvalue weighted by molar-refractivity contribution is 0.0992. The Bertz CT molecular complexity index is 1490. The third-order valence-corrected chi connectivity index (χ3v) is 6.17. The van der Waals surface area contributed by atoms with E-state index in [0.717, 1.165) is 9.15 Å². The maximum absolute atomic E-state index is 14.1. The molecule has 0 spiro atoms. The molecule has 4 aromatic rings. The van der Waals surface area contributed by atoms with E-state index < -0.39 is 47.1 Å². The van der Waals surface area contributed by atoms with Crippen molar-refractivity contribution in [3.63, 3.8) is 0 Å². The molecule has 37 heavy (non-hydrogen) atoms. The molecular formula is C24H16BrClF5N3O3. The zero-order chi connectivity index (χ0) is 27.0. The Morgan fingerprint density at radius 1 is 1.05 bits per heavy atom. The first-order valence-electron chi connectivity index (χ1n) is 10.5. The number of furan rings is 1. The average Bonchev–Trinajstić information content (AvgIpc) is 3.44. The molecule has 0 unspecified atom stereocenters. The molecule has 1 amide bonds. The van der Waals surface area contributed by atoms with Crippen molar-refractivity contribution in [1.82, 2.24) is 9.78 Å². The van der Waals surface area contributed by atoms with Gasteiger partial charge in [-0.1, -0.05) is 27.5 Å². The molecular weight excluding hydrogens is 589 g/mol. The monoisotopic (exact) mass is 603 g/mol. The number of nitrogens with zero attached hydrogens (tertiary/aromatic N) is 2. The van der Waals surface area contributed by atoms with E-state index in [0.29, 0.717) is 16.5 Å². The standard InChI is InChI=1S/C24H16BrClF5N3O3/c1-10-23(11(2)34(33-10)8-14-18(27)20(29)22(31)21(30)19(14)28)32-24(35)17-6-4-13(37-17)9-36-16-5-3-12(25)7-15(16)26/h3-7H,8-9H2,1-2H3,(H,32,35). The number of halogens is 7. The van der Waals surface area contributed by atoms with Crippen LogP contribution in [0.15, 0.2) is 39.2 Å². The Labute approximate surface area is 220 Å². The smallest absolute Gasteiger partial charge is 0.291 e. The summed E-state index contributed by atoms with van der Waals surface area (Å²) in [6.07, 6.45) is 0. The largest absolute Gasteiger partial charge is 0.484 e. The van der Waals surface area contributed by atoms with Crippen molar-refractivity contribution in [2.45, 2.75) is 27.0 Å². The van der Waals surface area contributed by atoms with E-state index in [-0.39, 0.29) is 29.4 Å². The fraction of sp³-hybridized carbons (Fsp3) is 0.167. The van der Waals surface area contributed by atoms with Crippen molar-refractivity contribution in [3.8, 4) is 5.75 Å². The molecule has 0 aliphatic rings. The molecule has 4 rings (SSSR count). The Hall–Kier alpha value is -3.38. The molecule has 0 bridgehead atoms. The second-order valence-corrected chi connectivity index (χ2v) is 9.16. The predicted molar refractivity (Wildman–Crippen MR) is 127 cm³/mol. The first-order valence-corrected chi connectivity index (χ1v) is 11.7. The molecule has 6 nitrogen and oxygen atoms in total. The number of benzene rings is 2. The molecule has 13 heteroatoms. The Balaban J connectivity index is 1.48. The lowest BCUT2D eigenvalue weighted by Crippen LogP contribution is -2.14. The Morgan fingerprint density at radius 3 is 2.35 bits per heavy atom. The van der Waals surface area contributed by atoms with E-state index in [1.165, 1.54) is 26.0 Å². The number of aryl methyl sites for hydroxylation is 1. The maximum Gasteiger partial charge on any atom is 0.291 e. The van der Waals surface area contributed by atoms with E-state index in [2.05, 4.69) is 26.3 Å². The number of hydrogen-bond donors (Lipinski definition) is 1. The molecule has 0 aliphatic heterocycles. The van der Waals surface area contributed by atoms with Gasteiger partial charge < -0.3 is 14.5 Å². The average molecular weight is 605 g/mol. The van der Waals surface area contributed by atoms with Crippen molar-refractivity contribution in [2.75, 3.05) is 5.32 Å². The van der Waals surface area contributed by atoms with Gasteiger partial charge in [0.05, 0.1) is 34.2 Å². The van der Waals surface area contributed by atoms with Crippen LogP contribution in [0.2, 0.25) is 5.02 Å². The first kappa shape index (κ1) is 26.7. The zero-order valence-electron chi connectivity index (χ0n) is 19.1. The van der Waals surface area contributed by atoms with Gasteiger partial charge in [-0.2, -0.15) is 5.10 Å². The van der Waals surface area contributed by atoms with Gasteiger partial charge in [-0.05, 0) is 44.2 Å². The number of amides is 1. The summed E-state index contributed by atoms with van der Waals surface area (Å²) in [6, 6.07) is 8.03. The summed E-state index contributed by atoms with van der Waals surface area (Å²) in [6.45, 7) is 2.20. The SMILES string of the molecule is Cc1nn(Cc2c(F)c(F)c(F)c(F)c2F)c(C)c1NC(=O)c1ccc(COc2ccc(Br)cc2Cl)o1. The molecule has 0 radical (unpaired) electrons. The zero-order valence-corrected chi connectivity index (χ0v) is 21.4. The lowest BCUT2D eigenvalue weighted by atomic mass is 10.1. The molecule has 0 saturated heterocycles. The van der Waals surface area contributed by atoms with Crippen LogP contribution in [0.3, 0.4) is 0 Å². The van der Waals surface area contributed by atoms with Gasteiger partial charge in [0, 0.05) is 4.47 Å². The molecule has 0 aliphatic carbocycles. The van der Waals surface area contributed by atoms with Crippen LogP contribution in [0.5, 0.6) is 5.75 Å². The van der Waals surface area contributed by atoms with Crippen LogP contribution in [0.1, 0.15) is 33.3 Å². The van der Waals surface area contributed by atoms with Crippen LogP contribution in [0, 0.1) is 42.9 Å². The third kappa shape index (κ3) is 5.35. The second kappa shape index (κ2) is 10.5. The van der Waals surface area contributed by atoms with E-state index in [9.17, 15) is 26.7 Å². The third-order valence-electron chi connectivity index (χ3n) is 5.38. The molecule has 0 fully saturated rings. The molecule has 0 saturated carbocycles. The van der Waals surface area contributed by atoms with Gasteiger partial charge >= 0.3 is 0 Å². The number of carbonyl (C=O) groups excluding carboxylic acids is 1. The number of rotatable bonds is 7. The molecule has 1 N–H and O–H groups in total. The highest BCUT2D eigenvalue weighted by molar-refractivity contribution is 9.10. The van der Waals surface area contributed by atoms with Gasteiger partial charge in [-0.3, -0.25) is 9.48 Å². The van der Waals surface area contributed by atoms with Crippen molar-refractivity contribution in [1.29, 1.82) is 0 Å². The van der Waals surface area contributed by atoms with Crippen LogP contribution >= 0.6 is 27.5 Å². The van der Waals surface area contributed by atoms with Crippen LogP contribution in [-0.2, 0) is 13.2 Å². The molecule has 2 aromatic heterocycles. The van der Waals surface area contributed by atoms with Crippen LogP contribution in [-0.4, -0.2) is 15.7 Å². The van der Waals surface area contributed by atoms with E-state index in [1.54, 1.807) is 18.2 Å². The topological polar surface area (TPSA) is 69.3 Å². The number of aromatic nitrogens is 2. The van der Waals surface area contributed by atoms with E-state index in [4.69, 9.17) is 20.8 Å². The number of hydrogen-bond acceptors (Lipinski definition) is 4. The van der Waals surface area contributed by atoms with Crippen molar-refractivity contribution >= 4 is 39.1 Å². The fourth-order valence-corrected chi connectivity index (χ4v) is 4.19. The van der Waals surface area contributed by atoms with Gasteiger partial charge in [0.1, 0.15) is 18.1 Å². The van der Waals surface area contributed by atoms with Crippen LogP contribution in [0.4, 0.5) is 27.6 Å². The predicted octanol–water partition coefficient (Wildman–Crippen LogP) is 7.08. The minimum atomic E-state index is -2.25. The second-order valence-electron chi connectivity index (χ2n) is 7.84. The molecule has 194 valence electrons. The molecule has 0 atom stereocenters. The summed E-state index contributed by atoms with van der Waals surface area (Å²) in [5.74, 6) is -10.2. The van der Waals surface area contributed by atoms with Crippen molar-refractivity contribution in [2.24, 2.45) is 0 Å². The van der Waals surface area contributed by atoms with Crippen molar-refractivity contribution < 1.29 is 35.9 Å². The lowest BCUT2D eigenvalue weighted by Gasteiger charge is -2.10. The Morgan fingerprint density at radius 2 is 1.70 bits per heavy atom. The van der Waals surface area contributed by atoms with Gasteiger partial charge in [-0.25, -0.2) is 22.0 Å².